The molecule has 1 aliphatic heterocycles. The van der Waals surface area contributed by atoms with Crippen molar-refractivity contribution < 1.29 is 14.6 Å². The largest absolute Gasteiger partial charge is 0.389 e. The van der Waals surface area contributed by atoms with Gasteiger partial charge < -0.3 is 19.9 Å². The highest BCUT2D eigenvalue weighted by Gasteiger charge is 2.15. The predicted octanol–water partition coefficient (Wildman–Crippen LogP) is 1.67. The van der Waals surface area contributed by atoms with E-state index in [1.807, 2.05) is 11.8 Å². The molecule has 1 aliphatic rings. The van der Waals surface area contributed by atoms with Gasteiger partial charge in [0, 0.05) is 13.2 Å². The number of aliphatic hydroxyl groups is 1. The molecule has 114 valence electrons. The Hall–Kier alpha value is 0.190. The molecule has 0 radical (unpaired) electrons. The second-order valence-corrected chi connectivity index (χ2v) is 6.07. The number of aliphatic hydroxyl groups excluding tert-OH is 1. The maximum Gasteiger partial charge on any atom is 0.0897 e. The standard InChI is InChI=1S/C14H29NO3S/c1-19-9-4-2-3-7-15-10-13(16)11-17-12-14-6-5-8-18-14/h13-16H,2-12H2,1H3. The van der Waals surface area contributed by atoms with Gasteiger partial charge in [0.1, 0.15) is 0 Å². The summed E-state index contributed by atoms with van der Waals surface area (Å²) in [5.74, 6) is 1.25. The van der Waals surface area contributed by atoms with Crippen LogP contribution in [0.1, 0.15) is 32.1 Å². The lowest BCUT2D eigenvalue weighted by Gasteiger charge is -2.14. The fraction of sp³-hybridized carbons (Fsp3) is 1.00. The van der Waals surface area contributed by atoms with Crippen LogP contribution in [0.15, 0.2) is 0 Å². The van der Waals surface area contributed by atoms with Crippen LogP contribution in [0.25, 0.3) is 0 Å². The average Bonchev–Trinajstić information content (AvgIpc) is 2.91. The van der Waals surface area contributed by atoms with Crippen LogP contribution in [0.2, 0.25) is 0 Å². The molecule has 0 amide bonds. The van der Waals surface area contributed by atoms with Crippen molar-refractivity contribution in [2.75, 3.05) is 44.9 Å². The number of nitrogens with one attached hydrogen (secondary N) is 1. The van der Waals surface area contributed by atoms with E-state index < -0.39 is 6.10 Å². The molecule has 0 aromatic heterocycles. The Kier molecular flexibility index (Phi) is 10.9. The fourth-order valence-corrected chi connectivity index (χ4v) is 2.60. The van der Waals surface area contributed by atoms with Gasteiger partial charge in [-0.25, -0.2) is 0 Å². The molecular formula is C14H29NO3S. The first-order valence-corrected chi connectivity index (χ1v) is 8.79. The van der Waals surface area contributed by atoms with Crippen molar-refractivity contribution >= 4 is 11.8 Å². The topological polar surface area (TPSA) is 50.7 Å². The normalized spacial score (nSPS) is 20.8. The second-order valence-electron chi connectivity index (χ2n) is 5.08. The van der Waals surface area contributed by atoms with E-state index in [4.69, 9.17) is 9.47 Å². The summed E-state index contributed by atoms with van der Waals surface area (Å²) in [6.07, 6.45) is 7.94. The molecule has 0 bridgehead atoms. The van der Waals surface area contributed by atoms with Gasteiger partial charge in [-0.2, -0.15) is 11.8 Å². The van der Waals surface area contributed by atoms with E-state index in [2.05, 4.69) is 11.6 Å². The van der Waals surface area contributed by atoms with Gasteiger partial charge in [0.25, 0.3) is 0 Å². The lowest BCUT2D eigenvalue weighted by molar-refractivity contribution is -0.0163. The minimum atomic E-state index is -0.410. The zero-order valence-corrected chi connectivity index (χ0v) is 12.9. The van der Waals surface area contributed by atoms with Crippen molar-refractivity contribution in [2.24, 2.45) is 0 Å². The van der Waals surface area contributed by atoms with Crippen molar-refractivity contribution in [3.63, 3.8) is 0 Å². The summed E-state index contributed by atoms with van der Waals surface area (Å²) in [4.78, 5) is 0. The molecule has 0 saturated carbocycles. The van der Waals surface area contributed by atoms with Crippen molar-refractivity contribution in [2.45, 2.75) is 44.3 Å². The molecule has 2 unspecified atom stereocenters. The summed E-state index contributed by atoms with van der Waals surface area (Å²) in [6.45, 7) is 3.48. The van der Waals surface area contributed by atoms with Crippen LogP contribution in [0.4, 0.5) is 0 Å². The number of rotatable bonds is 12. The van der Waals surface area contributed by atoms with Gasteiger partial charge in [0.15, 0.2) is 0 Å². The molecule has 0 aromatic carbocycles. The molecule has 2 N–H and O–H groups in total. The minimum Gasteiger partial charge on any atom is -0.389 e. The van der Waals surface area contributed by atoms with E-state index in [1.165, 1.54) is 25.0 Å². The van der Waals surface area contributed by atoms with Gasteiger partial charge in [0.2, 0.25) is 0 Å². The quantitative estimate of drug-likeness (QED) is 0.536. The number of ether oxygens (including phenoxy) is 2. The van der Waals surface area contributed by atoms with Crippen LogP contribution >= 0.6 is 11.8 Å². The van der Waals surface area contributed by atoms with Crippen LogP contribution in [-0.2, 0) is 9.47 Å². The maximum absolute atomic E-state index is 9.73. The molecule has 1 saturated heterocycles. The molecule has 1 heterocycles. The first kappa shape index (κ1) is 17.2. The molecule has 2 atom stereocenters. The minimum absolute atomic E-state index is 0.247. The third-order valence-electron chi connectivity index (χ3n) is 3.22. The highest BCUT2D eigenvalue weighted by molar-refractivity contribution is 7.98. The van der Waals surface area contributed by atoms with Crippen LogP contribution in [0.5, 0.6) is 0 Å². The smallest absolute Gasteiger partial charge is 0.0897 e. The summed E-state index contributed by atoms with van der Waals surface area (Å²) in [5, 5.41) is 13.0. The van der Waals surface area contributed by atoms with Crippen LogP contribution in [-0.4, -0.2) is 62.2 Å². The highest BCUT2D eigenvalue weighted by atomic mass is 32.2. The van der Waals surface area contributed by atoms with E-state index in [-0.39, 0.29) is 6.10 Å². The molecule has 1 rings (SSSR count). The summed E-state index contributed by atoms with van der Waals surface area (Å²) in [6, 6.07) is 0. The Balaban J connectivity index is 1.80. The zero-order chi connectivity index (χ0) is 13.8. The third-order valence-corrected chi connectivity index (χ3v) is 3.92. The van der Waals surface area contributed by atoms with E-state index in [0.29, 0.717) is 19.8 Å². The Labute approximate surface area is 121 Å². The van der Waals surface area contributed by atoms with Crippen LogP contribution in [0.3, 0.4) is 0 Å². The molecule has 0 aliphatic carbocycles. The third kappa shape index (κ3) is 9.68. The first-order valence-electron chi connectivity index (χ1n) is 7.40. The van der Waals surface area contributed by atoms with Gasteiger partial charge in [-0.15, -0.1) is 0 Å². The lowest BCUT2D eigenvalue weighted by atomic mass is 10.2. The van der Waals surface area contributed by atoms with E-state index >= 15 is 0 Å². The number of unbranched alkanes of at least 4 members (excludes halogenated alkanes) is 2. The average molecular weight is 291 g/mol. The van der Waals surface area contributed by atoms with Gasteiger partial charge in [-0.05, 0) is 44.2 Å². The van der Waals surface area contributed by atoms with Gasteiger partial charge in [0.05, 0.1) is 25.4 Å². The van der Waals surface area contributed by atoms with Gasteiger partial charge in [-0.3, -0.25) is 0 Å². The summed E-state index contributed by atoms with van der Waals surface area (Å²) in [5.41, 5.74) is 0. The fourth-order valence-electron chi connectivity index (χ4n) is 2.11. The number of thioether (sulfide) groups is 1. The van der Waals surface area contributed by atoms with E-state index in [1.54, 1.807) is 0 Å². The molecular weight excluding hydrogens is 262 g/mol. The first-order chi connectivity index (χ1) is 9.33. The summed E-state index contributed by atoms with van der Waals surface area (Å²) >= 11 is 1.90. The van der Waals surface area contributed by atoms with Crippen molar-refractivity contribution in [1.82, 2.24) is 5.32 Å². The monoisotopic (exact) mass is 291 g/mol. The molecule has 19 heavy (non-hydrogen) atoms. The van der Waals surface area contributed by atoms with E-state index in [9.17, 15) is 5.11 Å². The zero-order valence-electron chi connectivity index (χ0n) is 12.1. The molecule has 0 spiro atoms. The maximum atomic E-state index is 9.73. The molecule has 5 heteroatoms. The second kappa shape index (κ2) is 12.0. The Morgan fingerprint density at radius 3 is 3.05 bits per heavy atom. The molecule has 1 fully saturated rings. The summed E-state index contributed by atoms with van der Waals surface area (Å²) < 4.78 is 10.9. The van der Waals surface area contributed by atoms with Crippen LogP contribution < -0.4 is 5.32 Å². The predicted molar refractivity (Wildman–Crippen MR) is 80.9 cm³/mol. The van der Waals surface area contributed by atoms with Crippen molar-refractivity contribution in [3.8, 4) is 0 Å². The molecule has 4 nitrogen and oxygen atoms in total. The summed E-state index contributed by atoms with van der Waals surface area (Å²) in [7, 11) is 0. The van der Waals surface area contributed by atoms with Crippen LogP contribution in [0, 0.1) is 0 Å². The highest BCUT2D eigenvalue weighted by Crippen LogP contribution is 2.11. The Morgan fingerprint density at radius 2 is 2.32 bits per heavy atom. The Bertz CT molecular complexity index is 201. The van der Waals surface area contributed by atoms with Gasteiger partial charge >= 0.3 is 0 Å². The SMILES string of the molecule is CSCCCCCNCC(O)COCC1CCCO1. The lowest BCUT2D eigenvalue weighted by Crippen LogP contribution is -2.32. The molecule has 0 aromatic rings. The van der Waals surface area contributed by atoms with E-state index in [0.717, 1.165) is 26.0 Å². The Morgan fingerprint density at radius 1 is 1.42 bits per heavy atom. The van der Waals surface area contributed by atoms with Crippen molar-refractivity contribution in [3.05, 3.63) is 0 Å². The van der Waals surface area contributed by atoms with Gasteiger partial charge in [-0.1, -0.05) is 6.42 Å². The number of hydrogen-bond donors (Lipinski definition) is 2. The van der Waals surface area contributed by atoms with Crippen molar-refractivity contribution in [1.29, 1.82) is 0 Å². The number of hydrogen-bond acceptors (Lipinski definition) is 5.